The number of amides is 2. The second kappa shape index (κ2) is 5.74. The lowest BCUT2D eigenvalue weighted by atomic mass is 10.2. The number of hydrogen-bond donors (Lipinski definition) is 1. The molecule has 1 heterocycles. The summed E-state index contributed by atoms with van der Waals surface area (Å²) in [6, 6.07) is 7.28. The third-order valence-electron chi connectivity index (χ3n) is 2.63. The molecule has 0 saturated carbocycles. The zero-order valence-electron chi connectivity index (χ0n) is 9.65. The molecular formula is C12H12BrN3O2. The number of ether oxygens (including phenoxy) is 1. The Balaban J connectivity index is 1.90. The van der Waals surface area contributed by atoms with E-state index in [4.69, 9.17) is 10.00 Å². The van der Waals surface area contributed by atoms with Crippen molar-refractivity contribution in [1.29, 1.82) is 5.26 Å². The van der Waals surface area contributed by atoms with Gasteiger partial charge in [0.2, 0.25) is 0 Å². The Bertz CT molecular complexity index is 499. The molecule has 1 fully saturated rings. The second-order valence-corrected chi connectivity index (χ2v) is 4.74. The fourth-order valence-corrected chi connectivity index (χ4v) is 2.07. The summed E-state index contributed by atoms with van der Waals surface area (Å²) >= 11 is 3.30. The van der Waals surface area contributed by atoms with E-state index in [0.717, 1.165) is 4.47 Å². The first-order valence-corrected chi connectivity index (χ1v) is 6.35. The van der Waals surface area contributed by atoms with Gasteiger partial charge in [-0.15, -0.1) is 0 Å². The van der Waals surface area contributed by atoms with E-state index in [2.05, 4.69) is 27.3 Å². The number of nitrogens with one attached hydrogen (secondary N) is 1. The molecule has 1 N–H and O–H groups in total. The molecule has 94 valence electrons. The Hall–Kier alpha value is -1.74. The van der Waals surface area contributed by atoms with Gasteiger partial charge in [0.05, 0.1) is 12.1 Å². The van der Waals surface area contributed by atoms with E-state index >= 15 is 0 Å². The Morgan fingerprint density at radius 2 is 2.39 bits per heavy atom. The third kappa shape index (κ3) is 2.93. The first kappa shape index (κ1) is 12.7. The number of halogens is 1. The van der Waals surface area contributed by atoms with Crippen LogP contribution in [0.5, 0.6) is 5.75 Å². The van der Waals surface area contributed by atoms with Gasteiger partial charge in [-0.2, -0.15) is 5.26 Å². The lowest BCUT2D eigenvalue weighted by molar-refractivity contribution is 0.202. The van der Waals surface area contributed by atoms with E-state index in [0.29, 0.717) is 37.6 Å². The highest BCUT2D eigenvalue weighted by Gasteiger charge is 2.18. The summed E-state index contributed by atoms with van der Waals surface area (Å²) in [5.41, 5.74) is 0.482. The Kier molecular flexibility index (Phi) is 4.05. The van der Waals surface area contributed by atoms with Crippen LogP contribution in [0.3, 0.4) is 0 Å². The summed E-state index contributed by atoms with van der Waals surface area (Å²) in [4.78, 5) is 13.0. The van der Waals surface area contributed by atoms with E-state index in [1.54, 1.807) is 17.0 Å². The molecule has 6 heteroatoms. The van der Waals surface area contributed by atoms with Crippen LogP contribution in [0, 0.1) is 11.3 Å². The lowest BCUT2D eigenvalue weighted by Crippen LogP contribution is -2.31. The zero-order valence-corrected chi connectivity index (χ0v) is 11.2. The van der Waals surface area contributed by atoms with E-state index in [1.807, 2.05) is 6.07 Å². The van der Waals surface area contributed by atoms with Gasteiger partial charge in [0.25, 0.3) is 0 Å². The van der Waals surface area contributed by atoms with Crippen molar-refractivity contribution in [3.8, 4) is 11.8 Å². The number of rotatable bonds is 4. The van der Waals surface area contributed by atoms with E-state index < -0.39 is 0 Å². The van der Waals surface area contributed by atoms with Gasteiger partial charge in [0.15, 0.2) is 0 Å². The van der Waals surface area contributed by atoms with Crippen molar-refractivity contribution in [2.24, 2.45) is 0 Å². The summed E-state index contributed by atoms with van der Waals surface area (Å²) in [7, 11) is 0. The van der Waals surface area contributed by atoms with Crippen molar-refractivity contribution in [2.45, 2.75) is 0 Å². The number of carbonyl (C=O) groups excluding carboxylic acids is 1. The lowest BCUT2D eigenvalue weighted by Gasteiger charge is -2.15. The van der Waals surface area contributed by atoms with Crippen molar-refractivity contribution >= 4 is 22.0 Å². The fourth-order valence-electron chi connectivity index (χ4n) is 1.71. The molecule has 0 atom stereocenters. The summed E-state index contributed by atoms with van der Waals surface area (Å²) < 4.78 is 6.37. The average molecular weight is 310 g/mol. The second-order valence-electron chi connectivity index (χ2n) is 3.82. The molecule has 0 aliphatic carbocycles. The van der Waals surface area contributed by atoms with E-state index in [9.17, 15) is 4.79 Å². The first-order valence-electron chi connectivity index (χ1n) is 5.56. The minimum absolute atomic E-state index is 0.0603. The van der Waals surface area contributed by atoms with Crippen molar-refractivity contribution in [3.63, 3.8) is 0 Å². The number of urea groups is 1. The van der Waals surface area contributed by atoms with Crippen LogP contribution in [0.1, 0.15) is 5.56 Å². The van der Waals surface area contributed by atoms with Gasteiger partial charge in [-0.3, -0.25) is 0 Å². The van der Waals surface area contributed by atoms with Crippen molar-refractivity contribution in [2.75, 3.05) is 26.2 Å². The standard InChI is InChI=1S/C12H12BrN3O2/c13-10-1-2-11(9(7-10)8-14)18-6-5-16-4-3-15-12(16)17/h1-2,7H,3-6H2,(H,15,17). The van der Waals surface area contributed by atoms with Crippen LogP contribution >= 0.6 is 15.9 Å². The number of nitrogens with zero attached hydrogens (tertiary/aromatic N) is 2. The predicted octanol–water partition coefficient (Wildman–Crippen LogP) is 1.72. The Morgan fingerprint density at radius 1 is 1.56 bits per heavy atom. The Morgan fingerprint density at radius 3 is 3.06 bits per heavy atom. The quantitative estimate of drug-likeness (QED) is 0.921. The van der Waals surface area contributed by atoms with E-state index in [1.165, 1.54) is 0 Å². The highest BCUT2D eigenvalue weighted by Crippen LogP contribution is 2.22. The van der Waals surface area contributed by atoms with Gasteiger partial charge in [0.1, 0.15) is 18.4 Å². The van der Waals surface area contributed by atoms with Crippen molar-refractivity contribution < 1.29 is 9.53 Å². The zero-order chi connectivity index (χ0) is 13.0. The largest absolute Gasteiger partial charge is 0.490 e. The molecule has 18 heavy (non-hydrogen) atoms. The van der Waals surface area contributed by atoms with Gasteiger partial charge in [-0.1, -0.05) is 15.9 Å². The van der Waals surface area contributed by atoms with Gasteiger partial charge < -0.3 is 15.0 Å². The number of benzene rings is 1. The summed E-state index contributed by atoms with van der Waals surface area (Å²) in [6.45, 7) is 2.28. The minimum atomic E-state index is -0.0603. The van der Waals surface area contributed by atoms with Gasteiger partial charge in [-0.25, -0.2) is 4.79 Å². The molecule has 0 radical (unpaired) electrons. The molecular weight excluding hydrogens is 298 g/mol. The molecule has 1 aliphatic heterocycles. The molecule has 2 amide bonds. The number of carbonyl (C=O) groups is 1. The summed E-state index contributed by atoms with van der Waals surface area (Å²) in [5, 5.41) is 11.7. The molecule has 0 aromatic heterocycles. The molecule has 1 saturated heterocycles. The minimum Gasteiger partial charge on any atom is -0.490 e. The molecule has 1 aromatic carbocycles. The fraction of sp³-hybridized carbons (Fsp3) is 0.333. The molecule has 2 rings (SSSR count). The van der Waals surface area contributed by atoms with Crippen LogP contribution < -0.4 is 10.1 Å². The van der Waals surface area contributed by atoms with Crippen molar-refractivity contribution in [1.82, 2.24) is 10.2 Å². The van der Waals surface area contributed by atoms with Crippen LogP contribution in [0.25, 0.3) is 0 Å². The maximum atomic E-state index is 11.3. The van der Waals surface area contributed by atoms with Crippen LogP contribution in [-0.4, -0.2) is 37.2 Å². The average Bonchev–Trinajstić information content (AvgIpc) is 2.77. The van der Waals surface area contributed by atoms with Crippen LogP contribution in [-0.2, 0) is 0 Å². The predicted molar refractivity (Wildman–Crippen MR) is 69.3 cm³/mol. The summed E-state index contributed by atoms with van der Waals surface area (Å²) in [5.74, 6) is 0.542. The third-order valence-corrected chi connectivity index (χ3v) is 3.12. The maximum Gasteiger partial charge on any atom is 0.317 e. The summed E-state index contributed by atoms with van der Waals surface area (Å²) in [6.07, 6.45) is 0. The first-order chi connectivity index (χ1) is 8.70. The topological polar surface area (TPSA) is 65.4 Å². The highest BCUT2D eigenvalue weighted by atomic mass is 79.9. The molecule has 5 nitrogen and oxygen atoms in total. The normalized spacial score (nSPS) is 14.2. The number of nitriles is 1. The van der Waals surface area contributed by atoms with Crippen LogP contribution in [0.2, 0.25) is 0 Å². The molecule has 0 spiro atoms. The van der Waals surface area contributed by atoms with Gasteiger partial charge >= 0.3 is 6.03 Å². The molecule has 1 aromatic rings. The Labute approximate surface area is 113 Å². The van der Waals surface area contributed by atoms with Crippen molar-refractivity contribution in [3.05, 3.63) is 28.2 Å². The van der Waals surface area contributed by atoms with Crippen LogP contribution in [0.15, 0.2) is 22.7 Å². The SMILES string of the molecule is N#Cc1cc(Br)ccc1OCCN1CCNC1=O. The molecule has 1 aliphatic rings. The van der Waals surface area contributed by atoms with E-state index in [-0.39, 0.29) is 6.03 Å². The highest BCUT2D eigenvalue weighted by molar-refractivity contribution is 9.10. The molecule has 0 unspecified atom stereocenters. The monoisotopic (exact) mass is 309 g/mol. The molecule has 0 bridgehead atoms. The smallest absolute Gasteiger partial charge is 0.317 e. The van der Waals surface area contributed by atoms with Gasteiger partial charge in [-0.05, 0) is 18.2 Å². The number of hydrogen-bond acceptors (Lipinski definition) is 3. The van der Waals surface area contributed by atoms with Crippen LogP contribution in [0.4, 0.5) is 4.79 Å². The maximum absolute atomic E-state index is 11.3. The van der Waals surface area contributed by atoms with Gasteiger partial charge in [0, 0.05) is 17.6 Å².